The fourth-order valence-electron chi connectivity index (χ4n) is 3.78. The predicted molar refractivity (Wildman–Crippen MR) is 95.7 cm³/mol. The SMILES string of the molecule is C[C@@H]1CNCCN1C(=O)C1CCCN(C(=O)c2ccccc2OC(F)F)C1. The number of likely N-dealkylation sites (tertiary alicyclic amines) is 1. The fourth-order valence-corrected chi connectivity index (χ4v) is 3.78. The van der Waals surface area contributed by atoms with Crippen LogP contribution < -0.4 is 10.1 Å². The maximum absolute atomic E-state index is 12.9. The van der Waals surface area contributed by atoms with Gasteiger partial charge in [-0.1, -0.05) is 12.1 Å². The van der Waals surface area contributed by atoms with Crippen molar-refractivity contribution in [2.24, 2.45) is 5.92 Å². The van der Waals surface area contributed by atoms with Gasteiger partial charge in [0, 0.05) is 38.8 Å². The van der Waals surface area contributed by atoms with E-state index in [9.17, 15) is 18.4 Å². The first kappa shape index (κ1) is 19.5. The maximum atomic E-state index is 12.9. The van der Waals surface area contributed by atoms with Crippen LogP contribution in [-0.2, 0) is 4.79 Å². The van der Waals surface area contributed by atoms with Crippen LogP contribution in [0.3, 0.4) is 0 Å². The van der Waals surface area contributed by atoms with Crippen LogP contribution in [0.15, 0.2) is 24.3 Å². The second kappa shape index (κ2) is 8.65. The van der Waals surface area contributed by atoms with Crippen molar-refractivity contribution < 1.29 is 23.1 Å². The van der Waals surface area contributed by atoms with Gasteiger partial charge >= 0.3 is 6.61 Å². The molecule has 0 bridgehead atoms. The van der Waals surface area contributed by atoms with Gasteiger partial charge in [-0.3, -0.25) is 9.59 Å². The number of para-hydroxylation sites is 1. The number of carbonyl (C=O) groups is 2. The first-order valence-corrected chi connectivity index (χ1v) is 9.31. The number of piperazine rings is 1. The Morgan fingerprint density at radius 1 is 1.26 bits per heavy atom. The molecule has 1 unspecified atom stereocenters. The molecule has 0 aliphatic carbocycles. The molecule has 148 valence electrons. The number of nitrogens with one attached hydrogen (secondary N) is 1. The molecule has 2 amide bonds. The van der Waals surface area contributed by atoms with E-state index in [2.05, 4.69) is 10.1 Å². The topological polar surface area (TPSA) is 61.9 Å². The van der Waals surface area contributed by atoms with Crippen LogP contribution >= 0.6 is 0 Å². The third-order valence-corrected chi connectivity index (χ3v) is 5.18. The standard InChI is InChI=1S/C19H25F2N3O3/c1-13-11-22-8-10-24(13)17(25)14-5-4-9-23(12-14)18(26)15-6-2-3-7-16(15)27-19(20)21/h2-3,6-7,13-14,19,22H,4-5,8-12H2,1H3/t13-,14?/m1/s1. The van der Waals surface area contributed by atoms with E-state index in [1.54, 1.807) is 17.0 Å². The van der Waals surface area contributed by atoms with E-state index in [0.717, 1.165) is 19.5 Å². The predicted octanol–water partition coefficient (Wildman–Crippen LogP) is 1.96. The van der Waals surface area contributed by atoms with Gasteiger partial charge in [0.25, 0.3) is 5.91 Å². The Kier molecular flexibility index (Phi) is 6.26. The number of alkyl halides is 2. The Hall–Kier alpha value is -2.22. The van der Waals surface area contributed by atoms with Crippen LogP contribution in [0.5, 0.6) is 5.75 Å². The Morgan fingerprint density at radius 2 is 2.04 bits per heavy atom. The molecule has 2 heterocycles. The van der Waals surface area contributed by atoms with E-state index in [-0.39, 0.29) is 35.1 Å². The lowest BCUT2D eigenvalue weighted by Gasteiger charge is -2.39. The van der Waals surface area contributed by atoms with Gasteiger partial charge < -0.3 is 19.9 Å². The average molecular weight is 381 g/mol. The smallest absolute Gasteiger partial charge is 0.387 e. The minimum Gasteiger partial charge on any atom is -0.434 e. The first-order valence-electron chi connectivity index (χ1n) is 9.31. The molecule has 1 aromatic carbocycles. The molecule has 1 N–H and O–H groups in total. The lowest BCUT2D eigenvalue weighted by Crippen LogP contribution is -2.55. The molecule has 2 saturated heterocycles. The van der Waals surface area contributed by atoms with Crippen LogP contribution in [0.1, 0.15) is 30.1 Å². The number of rotatable bonds is 4. The highest BCUT2D eigenvalue weighted by atomic mass is 19.3. The van der Waals surface area contributed by atoms with Gasteiger partial charge in [-0.2, -0.15) is 8.78 Å². The summed E-state index contributed by atoms with van der Waals surface area (Å²) in [5.74, 6) is -0.705. The lowest BCUT2D eigenvalue weighted by atomic mass is 9.95. The summed E-state index contributed by atoms with van der Waals surface area (Å²) < 4.78 is 29.7. The molecule has 8 heteroatoms. The molecule has 2 aliphatic rings. The Morgan fingerprint density at radius 3 is 2.78 bits per heavy atom. The van der Waals surface area contributed by atoms with Gasteiger partial charge in [-0.25, -0.2) is 0 Å². The number of piperidine rings is 1. The van der Waals surface area contributed by atoms with E-state index in [1.165, 1.54) is 12.1 Å². The summed E-state index contributed by atoms with van der Waals surface area (Å²) in [6, 6.07) is 6.11. The van der Waals surface area contributed by atoms with Crippen molar-refractivity contribution in [1.82, 2.24) is 15.1 Å². The minimum absolute atomic E-state index is 0.0682. The number of ether oxygens (including phenoxy) is 1. The molecule has 27 heavy (non-hydrogen) atoms. The zero-order valence-electron chi connectivity index (χ0n) is 15.4. The van der Waals surface area contributed by atoms with Gasteiger partial charge in [0.1, 0.15) is 5.75 Å². The number of benzene rings is 1. The van der Waals surface area contributed by atoms with Crippen LogP contribution in [0, 0.1) is 5.92 Å². The molecule has 0 spiro atoms. The summed E-state index contributed by atoms with van der Waals surface area (Å²) in [5, 5.41) is 3.26. The van der Waals surface area contributed by atoms with Gasteiger partial charge in [0.15, 0.2) is 0 Å². The number of nitrogens with zero attached hydrogens (tertiary/aromatic N) is 2. The van der Waals surface area contributed by atoms with Gasteiger partial charge in [0.2, 0.25) is 5.91 Å². The normalized spacial score (nSPS) is 23.4. The third kappa shape index (κ3) is 4.55. The molecule has 1 aromatic rings. The molecule has 2 aliphatic heterocycles. The largest absolute Gasteiger partial charge is 0.434 e. The van der Waals surface area contributed by atoms with Crippen molar-refractivity contribution in [3.63, 3.8) is 0 Å². The van der Waals surface area contributed by atoms with Crippen LogP contribution in [-0.4, -0.2) is 67.0 Å². The van der Waals surface area contributed by atoms with E-state index >= 15 is 0 Å². The number of carbonyl (C=O) groups excluding carboxylic acids is 2. The maximum Gasteiger partial charge on any atom is 0.387 e. The van der Waals surface area contributed by atoms with Crippen molar-refractivity contribution in [1.29, 1.82) is 0 Å². The molecule has 2 fully saturated rings. The van der Waals surface area contributed by atoms with E-state index in [1.807, 2.05) is 11.8 Å². The highest BCUT2D eigenvalue weighted by molar-refractivity contribution is 5.97. The van der Waals surface area contributed by atoms with E-state index in [0.29, 0.717) is 26.1 Å². The van der Waals surface area contributed by atoms with Gasteiger partial charge in [-0.15, -0.1) is 0 Å². The first-order chi connectivity index (χ1) is 13.0. The summed E-state index contributed by atoms with van der Waals surface area (Å²) in [6.07, 6.45) is 1.44. The second-order valence-corrected chi connectivity index (χ2v) is 7.05. The zero-order valence-corrected chi connectivity index (χ0v) is 15.4. The molecule has 3 rings (SSSR count). The summed E-state index contributed by atoms with van der Waals surface area (Å²) >= 11 is 0. The Balaban J connectivity index is 1.71. The second-order valence-electron chi connectivity index (χ2n) is 7.05. The average Bonchev–Trinajstić information content (AvgIpc) is 2.67. The summed E-state index contributed by atoms with van der Waals surface area (Å²) in [7, 11) is 0. The third-order valence-electron chi connectivity index (χ3n) is 5.18. The minimum atomic E-state index is -3.00. The zero-order chi connectivity index (χ0) is 19.4. The molecule has 6 nitrogen and oxygen atoms in total. The van der Waals surface area contributed by atoms with E-state index < -0.39 is 6.61 Å². The van der Waals surface area contributed by atoms with Crippen molar-refractivity contribution in [3.05, 3.63) is 29.8 Å². The number of hydrogen-bond acceptors (Lipinski definition) is 4. The molecular weight excluding hydrogens is 356 g/mol. The van der Waals surface area contributed by atoms with E-state index in [4.69, 9.17) is 0 Å². The molecule has 0 saturated carbocycles. The van der Waals surface area contributed by atoms with Crippen LogP contribution in [0.4, 0.5) is 8.78 Å². The van der Waals surface area contributed by atoms with Crippen molar-refractivity contribution in [3.8, 4) is 5.75 Å². The van der Waals surface area contributed by atoms with Crippen LogP contribution in [0.2, 0.25) is 0 Å². The van der Waals surface area contributed by atoms with Gasteiger partial charge in [0.05, 0.1) is 11.5 Å². The molecule has 2 atom stereocenters. The van der Waals surface area contributed by atoms with Crippen molar-refractivity contribution in [2.45, 2.75) is 32.4 Å². The van der Waals surface area contributed by atoms with Crippen molar-refractivity contribution >= 4 is 11.8 Å². The summed E-state index contributed by atoms with van der Waals surface area (Å²) in [5.41, 5.74) is 0.0986. The van der Waals surface area contributed by atoms with Crippen molar-refractivity contribution in [2.75, 3.05) is 32.7 Å². The molecule has 0 aromatic heterocycles. The highest BCUT2D eigenvalue weighted by Gasteiger charge is 2.34. The molecule has 0 radical (unpaired) electrons. The number of hydrogen-bond donors (Lipinski definition) is 1. The van der Waals surface area contributed by atoms with Gasteiger partial charge in [-0.05, 0) is 31.9 Å². The summed E-state index contributed by atoms with van der Waals surface area (Å²) in [6.45, 7) is 2.01. The monoisotopic (exact) mass is 381 g/mol. The summed E-state index contributed by atoms with van der Waals surface area (Å²) in [4.78, 5) is 29.2. The Labute approximate surface area is 157 Å². The number of halogens is 2. The highest BCUT2D eigenvalue weighted by Crippen LogP contribution is 2.26. The number of amides is 2. The quantitative estimate of drug-likeness (QED) is 0.866. The Bertz CT molecular complexity index is 686. The molecular formula is C19H25F2N3O3. The fraction of sp³-hybridized carbons (Fsp3) is 0.579. The van der Waals surface area contributed by atoms with Crippen LogP contribution in [0.25, 0.3) is 0 Å². The lowest BCUT2D eigenvalue weighted by molar-refractivity contribution is -0.139.